The summed E-state index contributed by atoms with van der Waals surface area (Å²) < 4.78 is 0. The van der Waals surface area contributed by atoms with Crippen molar-refractivity contribution in [1.82, 2.24) is 5.32 Å². The maximum absolute atomic E-state index is 11.4. The first-order chi connectivity index (χ1) is 8.02. The summed E-state index contributed by atoms with van der Waals surface area (Å²) in [5.74, 6) is -0.840. The molecule has 90 valence electrons. The van der Waals surface area contributed by atoms with E-state index in [4.69, 9.17) is 19.4 Å². The summed E-state index contributed by atoms with van der Waals surface area (Å²) in [6, 6.07) is 6.96. The number of carbonyl (C=O) groups is 1. The highest BCUT2D eigenvalue weighted by Crippen LogP contribution is 2.11. The Bertz CT molecular complexity index is 367. The molecule has 0 fully saturated rings. The molecule has 5 heteroatoms. The zero-order chi connectivity index (χ0) is 12.8. The molecule has 1 rings (SSSR count). The van der Waals surface area contributed by atoms with Gasteiger partial charge >= 0.3 is 0 Å². The van der Waals surface area contributed by atoms with E-state index in [-0.39, 0.29) is 18.6 Å². The van der Waals surface area contributed by atoms with Crippen LogP contribution in [0.5, 0.6) is 0 Å². The Morgan fingerprint density at radius 1 is 1.47 bits per heavy atom. The minimum absolute atomic E-state index is 0.124. The maximum atomic E-state index is 11.4. The minimum Gasteiger partial charge on any atom is -0.394 e. The fraction of sp³-hybridized carbons (Fsp3) is 0.417. The number of rotatable bonds is 5. The fourth-order valence-corrected chi connectivity index (χ4v) is 1.52. The van der Waals surface area contributed by atoms with Crippen molar-refractivity contribution in [1.29, 1.82) is 0 Å². The van der Waals surface area contributed by atoms with Crippen molar-refractivity contribution in [2.75, 3.05) is 6.61 Å². The van der Waals surface area contributed by atoms with Gasteiger partial charge < -0.3 is 10.4 Å². The van der Waals surface area contributed by atoms with Crippen LogP contribution >= 0.6 is 11.6 Å². The molecule has 0 aliphatic carbocycles. The second-order valence-corrected chi connectivity index (χ2v) is 4.44. The first kappa shape index (κ1) is 14.1. The van der Waals surface area contributed by atoms with Crippen LogP contribution in [-0.4, -0.2) is 31.5 Å². The summed E-state index contributed by atoms with van der Waals surface area (Å²) in [7, 11) is 5.44. The second kappa shape index (κ2) is 6.67. The summed E-state index contributed by atoms with van der Waals surface area (Å²) in [6.45, 7) is 1.48. The molecule has 0 heterocycles. The van der Waals surface area contributed by atoms with E-state index < -0.39 is 5.82 Å². The van der Waals surface area contributed by atoms with Crippen molar-refractivity contribution in [2.45, 2.75) is 25.2 Å². The van der Waals surface area contributed by atoms with Crippen LogP contribution < -0.4 is 5.32 Å². The largest absolute Gasteiger partial charge is 0.394 e. The van der Waals surface area contributed by atoms with Crippen LogP contribution in [0.4, 0.5) is 0 Å². The zero-order valence-corrected chi connectivity index (χ0v) is 10.4. The van der Waals surface area contributed by atoms with E-state index >= 15 is 0 Å². The molecule has 1 aromatic rings. The Balaban J connectivity index is 2.57. The Labute approximate surface area is 108 Å². The SMILES string of the molecule is [B][C@H](C)C(=O)N[C@H](CO)Cc1ccc(Cl)cc1. The van der Waals surface area contributed by atoms with E-state index in [2.05, 4.69) is 5.32 Å². The third kappa shape index (κ3) is 4.80. The molecule has 3 nitrogen and oxygen atoms in total. The molecule has 2 atom stereocenters. The van der Waals surface area contributed by atoms with Crippen LogP contribution in [0.3, 0.4) is 0 Å². The lowest BCUT2D eigenvalue weighted by Crippen LogP contribution is -2.40. The topological polar surface area (TPSA) is 49.3 Å². The van der Waals surface area contributed by atoms with E-state index in [1.54, 1.807) is 19.1 Å². The van der Waals surface area contributed by atoms with Gasteiger partial charge in [-0.25, -0.2) is 0 Å². The number of aliphatic hydroxyl groups excluding tert-OH is 1. The third-order valence-corrected chi connectivity index (χ3v) is 2.63. The summed E-state index contributed by atoms with van der Waals surface area (Å²) >= 11 is 5.77. The summed E-state index contributed by atoms with van der Waals surface area (Å²) in [5.41, 5.74) is 0.999. The monoisotopic (exact) mass is 251 g/mol. The van der Waals surface area contributed by atoms with E-state index in [0.29, 0.717) is 11.4 Å². The molecule has 2 radical (unpaired) electrons. The van der Waals surface area contributed by atoms with Crippen LogP contribution in [0.25, 0.3) is 0 Å². The van der Waals surface area contributed by atoms with Crippen molar-refractivity contribution in [3.63, 3.8) is 0 Å². The molecular weight excluding hydrogens is 236 g/mol. The van der Waals surface area contributed by atoms with Gasteiger partial charge in [-0.3, -0.25) is 4.79 Å². The molecule has 0 aromatic heterocycles. The zero-order valence-electron chi connectivity index (χ0n) is 9.69. The average molecular weight is 252 g/mol. The van der Waals surface area contributed by atoms with Crippen LogP contribution in [0.15, 0.2) is 24.3 Å². The van der Waals surface area contributed by atoms with Gasteiger partial charge in [0.1, 0.15) is 0 Å². The van der Waals surface area contributed by atoms with Gasteiger partial charge in [0, 0.05) is 5.02 Å². The molecule has 17 heavy (non-hydrogen) atoms. The van der Waals surface area contributed by atoms with Crippen molar-refractivity contribution in [3.8, 4) is 0 Å². The Kier molecular flexibility index (Phi) is 5.52. The first-order valence-electron chi connectivity index (χ1n) is 5.44. The predicted octanol–water partition coefficient (Wildman–Crippen LogP) is 1.34. The first-order valence-corrected chi connectivity index (χ1v) is 5.82. The molecule has 0 unspecified atom stereocenters. The number of benzene rings is 1. The molecule has 0 bridgehead atoms. The number of hydrogen-bond acceptors (Lipinski definition) is 2. The molecule has 0 aliphatic rings. The van der Waals surface area contributed by atoms with E-state index in [9.17, 15) is 9.90 Å². The van der Waals surface area contributed by atoms with Crippen molar-refractivity contribution in [2.24, 2.45) is 0 Å². The van der Waals surface area contributed by atoms with Crippen LogP contribution in [0.1, 0.15) is 12.5 Å². The molecule has 0 spiro atoms. The van der Waals surface area contributed by atoms with Gasteiger partial charge in [0.05, 0.1) is 20.5 Å². The number of aliphatic hydroxyl groups is 1. The molecule has 0 saturated heterocycles. The molecule has 2 N–H and O–H groups in total. The highest BCUT2D eigenvalue weighted by Gasteiger charge is 2.14. The van der Waals surface area contributed by atoms with Gasteiger partial charge in [0.2, 0.25) is 5.91 Å². The Morgan fingerprint density at radius 3 is 2.53 bits per heavy atom. The van der Waals surface area contributed by atoms with Gasteiger partial charge in [-0.05, 0) is 29.9 Å². The minimum atomic E-state index is -0.575. The number of halogens is 1. The van der Waals surface area contributed by atoms with Gasteiger partial charge in [0.15, 0.2) is 0 Å². The van der Waals surface area contributed by atoms with Gasteiger partial charge in [0.25, 0.3) is 0 Å². The summed E-state index contributed by atoms with van der Waals surface area (Å²) in [4.78, 5) is 11.4. The average Bonchev–Trinajstić information content (AvgIpc) is 2.30. The van der Waals surface area contributed by atoms with E-state index in [0.717, 1.165) is 5.56 Å². The Hall–Kier alpha value is -0.995. The quantitative estimate of drug-likeness (QED) is 0.776. The van der Waals surface area contributed by atoms with Crippen LogP contribution in [0, 0.1) is 0 Å². The molecular formula is C12H15BClNO2. The summed E-state index contributed by atoms with van der Waals surface area (Å²) in [6.07, 6.45) is 0.548. The molecule has 0 aliphatic heterocycles. The van der Waals surface area contributed by atoms with Crippen molar-refractivity contribution in [3.05, 3.63) is 34.9 Å². The highest BCUT2D eigenvalue weighted by molar-refractivity contribution is 6.30. The Morgan fingerprint density at radius 2 is 2.06 bits per heavy atom. The smallest absolute Gasteiger partial charge is 0.214 e. The van der Waals surface area contributed by atoms with Crippen molar-refractivity contribution < 1.29 is 9.90 Å². The molecule has 1 aromatic carbocycles. The number of nitrogens with one attached hydrogen (secondary N) is 1. The summed E-state index contributed by atoms with van der Waals surface area (Å²) in [5, 5.41) is 12.5. The standard InChI is InChI=1S/C12H15BClNO2/c1-8(13)12(17)15-11(7-16)6-9-2-4-10(14)5-3-9/h2-5,8,11,16H,6-7H2,1H3,(H,15,17)/t8-,11+/m1/s1. The lowest BCUT2D eigenvalue weighted by molar-refractivity contribution is -0.121. The third-order valence-electron chi connectivity index (χ3n) is 2.38. The lowest BCUT2D eigenvalue weighted by Gasteiger charge is -2.18. The van der Waals surface area contributed by atoms with E-state index in [1.807, 2.05) is 12.1 Å². The van der Waals surface area contributed by atoms with Crippen LogP contribution in [0.2, 0.25) is 10.8 Å². The lowest BCUT2D eigenvalue weighted by atomic mass is 9.88. The van der Waals surface area contributed by atoms with Gasteiger partial charge in [-0.2, -0.15) is 0 Å². The van der Waals surface area contributed by atoms with Crippen molar-refractivity contribution >= 4 is 25.4 Å². The number of hydrogen-bond donors (Lipinski definition) is 2. The number of amides is 1. The molecule has 0 saturated carbocycles. The normalized spacial score (nSPS) is 14.1. The fourth-order valence-electron chi connectivity index (χ4n) is 1.40. The number of carbonyl (C=O) groups excluding carboxylic acids is 1. The van der Waals surface area contributed by atoms with E-state index in [1.165, 1.54) is 0 Å². The van der Waals surface area contributed by atoms with Crippen LogP contribution in [-0.2, 0) is 11.2 Å². The van der Waals surface area contributed by atoms with Gasteiger partial charge in [-0.15, -0.1) is 0 Å². The highest BCUT2D eigenvalue weighted by atomic mass is 35.5. The molecule has 1 amide bonds. The predicted molar refractivity (Wildman–Crippen MR) is 69.4 cm³/mol. The van der Waals surface area contributed by atoms with Gasteiger partial charge in [-0.1, -0.05) is 30.7 Å². The second-order valence-electron chi connectivity index (χ2n) is 4.01. The maximum Gasteiger partial charge on any atom is 0.214 e.